The summed E-state index contributed by atoms with van der Waals surface area (Å²) in [6.07, 6.45) is 0. The van der Waals surface area contributed by atoms with Gasteiger partial charge >= 0.3 is 0 Å². The van der Waals surface area contributed by atoms with Crippen LogP contribution in [-0.2, 0) is 0 Å². The van der Waals surface area contributed by atoms with E-state index in [2.05, 4.69) is 15.9 Å². The summed E-state index contributed by atoms with van der Waals surface area (Å²) < 4.78 is 0. The monoisotopic (exact) mass is 156 g/mol. The van der Waals surface area contributed by atoms with Gasteiger partial charge in [-0.25, -0.2) is 0 Å². The van der Waals surface area contributed by atoms with Gasteiger partial charge < -0.3 is 0 Å². The van der Waals surface area contributed by atoms with E-state index in [0.29, 0.717) is 0 Å². The van der Waals surface area contributed by atoms with Crippen molar-refractivity contribution in [2.75, 3.05) is 5.33 Å². The van der Waals surface area contributed by atoms with Gasteiger partial charge in [-0.05, 0) is 6.92 Å². The van der Waals surface area contributed by atoms with E-state index < -0.39 is 0 Å². The van der Waals surface area contributed by atoms with Crippen molar-refractivity contribution < 1.29 is 0 Å². The second-order valence-corrected chi connectivity index (χ2v) is 2.33. The molecule has 0 aromatic rings. The summed E-state index contributed by atoms with van der Waals surface area (Å²) >= 11 is 8.60. The largest absolute Gasteiger partial charge is 0.122 e. The Bertz CT molecular complexity index is 20.9. The summed E-state index contributed by atoms with van der Waals surface area (Å²) in [5.74, 6) is 0. The quantitative estimate of drug-likeness (QED) is 0.511. The van der Waals surface area contributed by atoms with Crippen molar-refractivity contribution in [3.63, 3.8) is 0 Å². The first kappa shape index (κ1) is 5.77. The van der Waals surface area contributed by atoms with Gasteiger partial charge in [-0.2, -0.15) is 0 Å². The maximum absolute atomic E-state index is 5.42. The van der Waals surface area contributed by atoms with Crippen LogP contribution in [0.25, 0.3) is 0 Å². The van der Waals surface area contributed by atoms with Gasteiger partial charge in [0.25, 0.3) is 0 Å². The summed E-state index contributed by atoms with van der Waals surface area (Å²) in [6.45, 7) is 1.94. The third kappa shape index (κ3) is 4.77. The molecule has 0 radical (unpaired) electrons. The molecule has 0 spiro atoms. The van der Waals surface area contributed by atoms with E-state index in [0.717, 1.165) is 5.33 Å². The molecule has 5 heavy (non-hydrogen) atoms. The standard InChI is InChI=1S/C3H6BrCl/c1-3(5)2-4/h3H,2H2,1H3/t3-/m0/s1. The molecule has 1 atom stereocenters. The van der Waals surface area contributed by atoms with E-state index in [4.69, 9.17) is 11.6 Å². The minimum absolute atomic E-state index is 0.273. The summed E-state index contributed by atoms with van der Waals surface area (Å²) in [6, 6.07) is 0. The van der Waals surface area contributed by atoms with Gasteiger partial charge in [-0.3, -0.25) is 0 Å². The van der Waals surface area contributed by atoms with Crippen LogP contribution in [0, 0.1) is 0 Å². The molecule has 0 aliphatic carbocycles. The average molecular weight is 157 g/mol. The number of rotatable bonds is 1. The maximum Gasteiger partial charge on any atom is 0.0404 e. The Balaban J connectivity index is 2.54. The zero-order valence-corrected chi connectivity index (χ0v) is 5.38. The van der Waals surface area contributed by atoms with E-state index in [-0.39, 0.29) is 5.38 Å². The van der Waals surface area contributed by atoms with Gasteiger partial charge in [0.15, 0.2) is 0 Å². The molecule has 0 heterocycles. The Labute approximate surface area is 45.6 Å². The lowest BCUT2D eigenvalue weighted by Gasteiger charge is -1.85. The summed E-state index contributed by atoms with van der Waals surface area (Å²) in [5.41, 5.74) is 0. The van der Waals surface area contributed by atoms with Crippen LogP contribution in [0.5, 0.6) is 0 Å². The summed E-state index contributed by atoms with van der Waals surface area (Å²) in [5, 5.41) is 1.16. The zero-order valence-electron chi connectivity index (χ0n) is 3.04. The van der Waals surface area contributed by atoms with Crippen molar-refractivity contribution in [2.45, 2.75) is 12.3 Å². The van der Waals surface area contributed by atoms with Gasteiger partial charge in [-0.15, -0.1) is 11.6 Å². The predicted octanol–water partition coefficient (Wildman–Crippen LogP) is 2.01. The van der Waals surface area contributed by atoms with Gasteiger partial charge in [0.1, 0.15) is 0 Å². The van der Waals surface area contributed by atoms with E-state index in [1.54, 1.807) is 0 Å². The van der Waals surface area contributed by atoms with Crippen LogP contribution in [0.3, 0.4) is 0 Å². The van der Waals surface area contributed by atoms with Crippen LogP contribution >= 0.6 is 27.5 Å². The second-order valence-electron chi connectivity index (χ2n) is 0.935. The Kier molecular flexibility index (Phi) is 3.44. The van der Waals surface area contributed by atoms with E-state index in [1.807, 2.05) is 6.92 Å². The molecule has 0 unspecified atom stereocenters. The molecular formula is C3H6BrCl. The Morgan fingerprint density at radius 1 is 2.00 bits per heavy atom. The molecule has 0 aliphatic rings. The highest BCUT2D eigenvalue weighted by Gasteiger charge is 1.84. The smallest absolute Gasteiger partial charge is 0.0404 e. The molecular weight excluding hydrogens is 151 g/mol. The highest BCUT2D eigenvalue weighted by Crippen LogP contribution is 1.95. The molecule has 0 saturated carbocycles. The molecule has 0 aliphatic heterocycles. The Morgan fingerprint density at radius 2 is 2.20 bits per heavy atom. The van der Waals surface area contributed by atoms with Crippen molar-refractivity contribution in [1.29, 1.82) is 0 Å². The first-order chi connectivity index (χ1) is 2.27. The molecule has 0 amide bonds. The maximum atomic E-state index is 5.42. The molecule has 32 valence electrons. The fourth-order valence-corrected chi connectivity index (χ4v) is 0. The average Bonchev–Trinajstić information content (AvgIpc) is 1.38. The molecule has 2 heteroatoms. The first-order valence-electron chi connectivity index (χ1n) is 1.47. The van der Waals surface area contributed by atoms with Gasteiger partial charge in [0, 0.05) is 10.7 Å². The van der Waals surface area contributed by atoms with Crippen molar-refractivity contribution in [3.8, 4) is 0 Å². The number of alkyl halides is 2. The fourth-order valence-electron chi connectivity index (χ4n) is 0. The van der Waals surface area contributed by atoms with Crippen LogP contribution in [0.4, 0.5) is 0 Å². The number of hydrogen-bond acceptors (Lipinski definition) is 0. The van der Waals surface area contributed by atoms with Crippen LogP contribution in [0.15, 0.2) is 0 Å². The molecule has 0 bridgehead atoms. The minimum atomic E-state index is 0.273. The zero-order chi connectivity index (χ0) is 4.28. The summed E-state index contributed by atoms with van der Waals surface area (Å²) in [7, 11) is 0. The van der Waals surface area contributed by atoms with Crippen LogP contribution in [0.2, 0.25) is 0 Å². The van der Waals surface area contributed by atoms with Crippen LogP contribution in [0.1, 0.15) is 6.92 Å². The van der Waals surface area contributed by atoms with Crippen LogP contribution < -0.4 is 0 Å². The molecule has 0 rings (SSSR count). The van der Waals surface area contributed by atoms with Crippen LogP contribution in [-0.4, -0.2) is 10.7 Å². The van der Waals surface area contributed by atoms with E-state index in [9.17, 15) is 0 Å². The SMILES string of the molecule is C[C@H](Cl)CBr. The molecule has 0 N–H and O–H groups in total. The molecule has 0 aromatic carbocycles. The van der Waals surface area contributed by atoms with Crippen molar-refractivity contribution in [1.82, 2.24) is 0 Å². The highest BCUT2D eigenvalue weighted by molar-refractivity contribution is 9.09. The van der Waals surface area contributed by atoms with E-state index >= 15 is 0 Å². The van der Waals surface area contributed by atoms with Gasteiger partial charge in [0.05, 0.1) is 0 Å². The first-order valence-corrected chi connectivity index (χ1v) is 3.03. The molecule has 0 fully saturated rings. The van der Waals surface area contributed by atoms with Crippen molar-refractivity contribution >= 4 is 27.5 Å². The van der Waals surface area contributed by atoms with E-state index in [1.165, 1.54) is 0 Å². The molecule has 0 aromatic heterocycles. The lowest BCUT2D eigenvalue weighted by atomic mass is 10.6. The van der Waals surface area contributed by atoms with Crippen molar-refractivity contribution in [3.05, 3.63) is 0 Å². The lowest BCUT2D eigenvalue weighted by Crippen LogP contribution is -1.87. The lowest BCUT2D eigenvalue weighted by molar-refractivity contribution is 1.13. The third-order valence-corrected chi connectivity index (χ3v) is 1.71. The Morgan fingerprint density at radius 3 is 2.20 bits per heavy atom. The van der Waals surface area contributed by atoms with Gasteiger partial charge in [-0.1, -0.05) is 15.9 Å². The van der Waals surface area contributed by atoms with Gasteiger partial charge in [0.2, 0.25) is 0 Å². The van der Waals surface area contributed by atoms with Crippen molar-refractivity contribution in [2.24, 2.45) is 0 Å². The normalized spacial score (nSPS) is 15.0. The third-order valence-electron chi connectivity index (χ3n) is 0.213. The summed E-state index contributed by atoms with van der Waals surface area (Å²) in [4.78, 5) is 0. The number of hydrogen-bond donors (Lipinski definition) is 0. The molecule has 0 saturated heterocycles. The predicted molar refractivity (Wildman–Crippen MR) is 29.1 cm³/mol. The Hall–Kier alpha value is 0.770. The molecule has 0 nitrogen and oxygen atoms in total. The number of halogens is 2. The topological polar surface area (TPSA) is 0 Å². The second kappa shape index (κ2) is 2.98. The highest BCUT2D eigenvalue weighted by atomic mass is 79.9. The fraction of sp³-hybridized carbons (Fsp3) is 1.00. The minimum Gasteiger partial charge on any atom is -0.122 e.